The zero-order valence-corrected chi connectivity index (χ0v) is 12.0. The van der Waals surface area contributed by atoms with E-state index < -0.39 is 5.60 Å². The van der Waals surface area contributed by atoms with E-state index in [2.05, 4.69) is 15.3 Å². The minimum absolute atomic E-state index is 0.126. The molecule has 1 spiro atoms. The first-order chi connectivity index (χ1) is 9.60. The van der Waals surface area contributed by atoms with Crippen LogP contribution in [0.2, 0.25) is 5.31 Å². The lowest BCUT2D eigenvalue weighted by Crippen LogP contribution is -2.58. The van der Waals surface area contributed by atoms with Gasteiger partial charge >= 0.3 is 0 Å². The minimum atomic E-state index is -0.412. The van der Waals surface area contributed by atoms with Gasteiger partial charge < -0.3 is 10.5 Å². The number of hydrogen-bond acceptors (Lipinski definition) is 6. The number of anilines is 1. The summed E-state index contributed by atoms with van der Waals surface area (Å²) in [4.78, 5) is 8.64. The average molecular weight is 288 g/mol. The van der Waals surface area contributed by atoms with E-state index in [1.54, 1.807) is 6.20 Å². The Labute approximate surface area is 123 Å². The van der Waals surface area contributed by atoms with E-state index in [1.165, 1.54) is 11.3 Å². The molecule has 20 heavy (non-hydrogen) atoms. The monoisotopic (exact) mass is 288 g/mol. The lowest BCUT2D eigenvalue weighted by Gasteiger charge is -2.55. The molecule has 3 fully saturated rings. The standard InChI is InChI=1S/C13H17BN4OS/c14-12-3-1-8(2-4-12)13(7-12)9(15)17-10(19-13)18-11-16-5-6-20-11/h5-6,8-9H,1-4,7,15H2,(H,16,17,18). The third-order valence-electron chi connectivity index (χ3n) is 4.99. The van der Waals surface area contributed by atoms with Gasteiger partial charge in [0.25, 0.3) is 6.02 Å². The van der Waals surface area contributed by atoms with Gasteiger partial charge in [-0.2, -0.15) is 0 Å². The molecule has 2 bridgehead atoms. The van der Waals surface area contributed by atoms with E-state index in [4.69, 9.17) is 18.3 Å². The fourth-order valence-electron chi connectivity index (χ4n) is 3.95. The van der Waals surface area contributed by atoms with Crippen LogP contribution in [0.15, 0.2) is 16.6 Å². The number of amidine groups is 1. The summed E-state index contributed by atoms with van der Waals surface area (Å²) in [5.41, 5.74) is 5.87. The van der Waals surface area contributed by atoms with Crippen molar-refractivity contribution in [3.05, 3.63) is 11.6 Å². The molecule has 0 aromatic carbocycles. The average Bonchev–Trinajstić information content (AvgIpc) is 3.00. The number of nitrogens with two attached hydrogens (primary N) is 1. The van der Waals surface area contributed by atoms with Crippen LogP contribution in [0.3, 0.4) is 0 Å². The van der Waals surface area contributed by atoms with Gasteiger partial charge in [-0.1, -0.05) is 18.2 Å². The molecule has 2 unspecified atom stereocenters. The Balaban J connectivity index is 1.57. The molecule has 1 aromatic rings. The Kier molecular flexibility index (Phi) is 2.66. The molecule has 5 rings (SSSR count). The second-order valence-electron chi connectivity index (χ2n) is 6.21. The Hall–Kier alpha value is -1.08. The highest BCUT2D eigenvalue weighted by Crippen LogP contribution is 2.60. The van der Waals surface area contributed by atoms with Gasteiger partial charge in [0, 0.05) is 17.5 Å². The molecular weight excluding hydrogens is 271 g/mol. The summed E-state index contributed by atoms with van der Waals surface area (Å²) in [6.45, 7) is 0. The Morgan fingerprint density at radius 3 is 2.90 bits per heavy atom. The van der Waals surface area contributed by atoms with Crippen molar-refractivity contribution >= 4 is 30.3 Å². The van der Waals surface area contributed by atoms with Gasteiger partial charge in [-0.15, -0.1) is 11.3 Å². The first kappa shape index (κ1) is 12.6. The molecule has 0 amide bonds. The van der Waals surface area contributed by atoms with Crippen LogP contribution in [0.1, 0.15) is 32.1 Å². The van der Waals surface area contributed by atoms with Crippen LogP contribution in [-0.2, 0) is 4.74 Å². The SMILES string of the molecule is [B]C12CCC(CC1)C1(C2)OC(Nc2nccs2)=NC1N. The quantitative estimate of drug-likeness (QED) is 0.774. The van der Waals surface area contributed by atoms with Gasteiger partial charge in [0.05, 0.1) is 7.85 Å². The van der Waals surface area contributed by atoms with Crippen molar-refractivity contribution in [3.63, 3.8) is 0 Å². The van der Waals surface area contributed by atoms with Crippen LogP contribution < -0.4 is 11.1 Å². The molecule has 2 heterocycles. The maximum Gasteiger partial charge on any atom is 0.293 e. The van der Waals surface area contributed by atoms with Crippen molar-refractivity contribution in [2.24, 2.45) is 16.6 Å². The molecule has 2 atom stereocenters. The van der Waals surface area contributed by atoms with E-state index in [0.29, 0.717) is 11.9 Å². The number of fused-ring (bicyclic) bond motifs is 2. The zero-order valence-electron chi connectivity index (χ0n) is 11.2. The highest BCUT2D eigenvalue weighted by atomic mass is 32.1. The normalized spacial score (nSPS) is 42.5. The Morgan fingerprint density at radius 2 is 2.25 bits per heavy atom. The van der Waals surface area contributed by atoms with Crippen molar-refractivity contribution in [2.45, 2.75) is 49.2 Å². The molecule has 3 aliphatic carbocycles. The van der Waals surface area contributed by atoms with Crippen molar-refractivity contribution in [1.82, 2.24) is 4.98 Å². The molecule has 5 nitrogen and oxygen atoms in total. The van der Waals surface area contributed by atoms with E-state index in [9.17, 15) is 0 Å². The lowest BCUT2D eigenvalue weighted by atomic mass is 9.46. The fraction of sp³-hybridized carbons (Fsp3) is 0.692. The van der Waals surface area contributed by atoms with Gasteiger partial charge in [-0.25, -0.2) is 9.98 Å². The highest BCUT2D eigenvalue weighted by Gasteiger charge is 2.59. The van der Waals surface area contributed by atoms with Crippen LogP contribution in [0.25, 0.3) is 0 Å². The maximum atomic E-state index is 6.48. The number of ether oxygens (including phenoxy) is 1. The summed E-state index contributed by atoms with van der Waals surface area (Å²) in [7, 11) is 6.48. The topological polar surface area (TPSA) is 72.5 Å². The summed E-state index contributed by atoms with van der Waals surface area (Å²) >= 11 is 1.51. The summed E-state index contributed by atoms with van der Waals surface area (Å²) in [5, 5.41) is 5.66. The number of rotatable bonds is 1. The van der Waals surface area contributed by atoms with E-state index >= 15 is 0 Å². The van der Waals surface area contributed by atoms with Crippen molar-refractivity contribution < 1.29 is 4.74 Å². The number of thiazole rings is 1. The number of aliphatic imine (C=N–C) groups is 1. The summed E-state index contributed by atoms with van der Waals surface area (Å²) in [5.74, 6) is 0.460. The smallest absolute Gasteiger partial charge is 0.293 e. The van der Waals surface area contributed by atoms with Gasteiger partial charge in [0.1, 0.15) is 6.17 Å². The number of hydrogen-bond donors (Lipinski definition) is 2. The van der Waals surface area contributed by atoms with Crippen LogP contribution >= 0.6 is 11.3 Å². The first-order valence-electron chi connectivity index (χ1n) is 7.08. The van der Waals surface area contributed by atoms with E-state index in [-0.39, 0.29) is 11.5 Å². The van der Waals surface area contributed by atoms with Crippen molar-refractivity contribution in [2.75, 3.05) is 5.32 Å². The Bertz CT molecular complexity index is 541. The summed E-state index contributed by atoms with van der Waals surface area (Å²) in [6, 6.07) is 0.489. The summed E-state index contributed by atoms with van der Waals surface area (Å²) < 4.78 is 6.18. The van der Waals surface area contributed by atoms with Gasteiger partial charge in [-0.3, -0.25) is 5.32 Å². The van der Waals surface area contributed by atoms with Crippen molar-refractivity contribution in [1.29, 1.82) is 0 Å². The number of nitrogens with zero attached hydrogens (tertiary/aromatic N) is 2. The Morgan fingerprint density at radius 1 is 1.45 bits per heavy atom. The van der Waals surface area contributed by atoms with Crippen LogP contribution in [-0.4, -0.2) is 30.6 Å². The van der Waals surface area contributed by atoms with Gasteiger partial charge in [-0.05, 0) is 19.3 Å². The molecular formula is C13H17BN4OS. The molecule has 4 aliphatic rings. The molecule has 7 heteroatoms. The van der Waals surface area contributed by atoms with Gasteiger partial charge in [0.2, 0.25) is 0 Å². The third-order valence-corrected chi connectivity index (χ3v) is 5.68. The number of nitrogens with one attached hydrogen (secondary N) is 1. The lowest BCUT2D eigenvalue weighted by molar-refractivity contribution is -0.0796. The second kappa shape index (κ2) is 4.21. The summed E-state index contributed by atoms with van der Waals surface area (Å²) in [6.07, 6.45) is 6.54. The second-order valence-corrected chi connectivity index (χ2v) is 7.11. The van der Waals surface area contributed by atoms with Crippen LogP contribution in [0.5, 0.6) is 0 Å². The van der Waals surface area contributed by atoms with E-state index in [1.807, 2.05) is 5.38 Å². The molecule has 104 valence electrons. The fourth-order valence-corrected chi connectivity index (χ4v) is 4.47. The third kappa shape index (κ3) is 1.79. The molecule has 2 radical (unpaired) electrons. The zero-order chi connectivity index (χ0) is 13.8. The molecule has 1 aliphatic heterocycles. The first-order valence-corrected chi connectivity index (χ1v) is 7.95. The molecule has 0 saturated heterocycles. The predicted molar refractivity (Wildman–Crippen MR) is 80.0 cm³/mol. The highest BCUT2D eigenvalue weighted by molar-refractivity contribution is 7.13. The van der Waals surface area contributed by atoms with Gasteiger partial charge in [0.15, 0.2) is 10.7 Å². The molecule has 3 N–H and O–H groups in total. The minimum Gasteiger partial charge on any atom is -0.454 e. The largest absolute Gasteiger partial charge is 0.454 e. The molecule has 3 saturated carbocycles. The van der Waals surface area contributed by atoms with Crippen molar-refractivity contribution in [3.8, 4) is 0 Å². The predicted octanol–water partition coefficient (Wildman–Crippen LogP) is 1.89. The van der Waals surface area contributed by atoms with Crippen LogP contribution in [0.4, 0.5) is 5.13 Å². The maximum absolute atomic E-state index is 6.48. The van der Waals surface area contributed by atoms with E-state index in [0.717, 1.165) is 37.2 Å². The molecule has 1 aromatic heterocycles. The van der Waals surface area contributed by atoms with Crippen LogP contribution in [0, 0.1) is 5.92 Å². The number of aromatic nitrogens is 1.